The van der Waals surface area contributed by atoms with Crippen LogP contribution in [0.15, 0.2) is 12.7 Å². The molecule has 1 saturated heterocycles. The van der Waals surface area contributed by atoms with Crippen LogP contribution in [0.1, 0.15) is 25.7 Å². The Bertz CT molecular complexity index is 415. The van der Waals surface area contributed by atoms with Crippen LogP contribution in [-0.4, -0.2) is 66.9 Å². The minimum Gasteiger partial charge on any atom is -0.352 e. The van der Waals surface area contributed by atoms with E-state index in [0.29, 0.717) is 26.2 Å². The van der Waals surface area contributed by atoms with E-state index in [2.05, 4.69) is 16.8 Å². The summed E-state index contributed by atoms with van der Waals surface area (Å²) in [6, 6.07) is 0.178. The van der Waals surface area contributed by atoms with E-state index in [4.69, 9.17) is 5.73 Å². The molecule has 2 unspecified atom stereocenters. The maximum Gasteiger partial charge on any atom is 0.234 e. The molecule has 2 atom stereocenters. The molecule has 0 aromatic carbocycles. The Morgan fingerprint density at radius 3 is 2.42 bits per heavy atom. The molecule has 2 amide bonds. The molecule has 2 aliphatic rings. The summed E-state index contributed by atoms with van der Waals surface area (Å²) in [6.45, 7) is 7.40. The van der Waals surface area contributed by atoms with E-state index in [1.165, 1.54) is 0 Å². The van der Waals surface area contributed by atoms with Gasteiger partial charge in [-0.05, 0) is 19.3 Å². The predicted molar refractivity (Wildman–Crippen MR) is 101 cm³/mol. The number of hydrogen-bond donors (Lipinski definition) is 2. The zero-order valence-electron chi connectivity index (χ0n) is 14.1. The van der Waals surface area contributed by atoms with Gasteiger partial charge >= 0.3 is 0 Å². The highest BCUT2D eigenvalue weighted by Crippen LogP contribution is 2.25. The lowest BCUT2D eigenvalue weighted by molar-refractivity contribution is -0.138. The smallest absolute Gasteiger partial charge is 0.234 e. The van der Waals surface area contributed by atoms with Gasteiger partial charge in [0.05, 0.1) is 6.54 Å². The number of nitrogens with zero attached hydrogens (tertiary/aromatic N) is 2. The van der Waals surface area contributed by atoms with E-state index in [9.17, 15) is 9.59 Å². The summed E-state index contributed by atoms with van der Waals surface area (Å²) in [6.07, 6.45) is 5.56. The molecule has 6 nitrogen and oxygen atoms in total. The van der Waals surface area contributed by atoms with Gasteiger partial charge < -0.3 is 16.0 Å². The van der Waals surface area contributed by atoms with Crippen LogP contribution in [0.4, 0.5) is 0 Å². The van der Waals surface area contributed by atoms with Gasteiger partial charge in [0.2, 0.25) is 11.8 Å². The van der Waals surface area contributed by atoms with Crippen LogP contribution in [-0.2, 0) is 9.59 Å². The molecule has 1 aliphatic carbocycles. The standard InChI is InChI=1S/C16H28N4O2.2ClH/c1-2-6-18-15(21)12-19-7-9-20(10-8-19)16(22)13-4-3-5-14(17)11-13;;/h2,13-14H,1,3-12,17H2,(H,18,21);2*1H. The van der Waals surface area contributed by atoms with Gasteiger partial charge in [-0.1, -0.05) is 12.5 Å². The highest BCUT2D eigenvalue weighted by molar-refractivity contribution is 5.85. The summed E-state index contributed by atoms with van der Waals surface area (Å²) in [7, 11) is 0. The first-order chi connectivity index (χ1) is 10.6. The quantitative estimate of drug-likeness (QED) is 0.691. The third-order valence-electron chi connectivity index (χ3n) is 4.56. The van der Waals surface area contributed by atoms with Gasteiger partial charge in [-0.3, -0.25) is 14.5 Å². The first kappa shape index (κ1) is 23.2. The van der Waals surface area contributed by atoms with Crippen LogP contribution in [0.5, 0.6) is 0 Å². The van der Waals surface area contributed by atoms with E-state index < -0.39 is 0 Å². The maximum atomic E-state index is 12.5. The zero-order valence-corrected chi connectivity index (χ0v) is 15.7. The Hall–Kier alpha value is -0.820. The molecular weight excluding hydrogens is 351 g/mol. The fourth-order valence-corrected chi connectivity index (χ4v) is 3.28. The number of nitrogens with one attached hydrogen (secondary N) is 1. The van der Waals surface area contributed by atoms with Crippen molar-refractivity contribution in [1.29, 1.82) is 0 Å². The van der Waals surface area contributed by atoms with Crippen LogP contribution in [0.2, 0.25) is 0 Å². The van der Waals surface area contributed by atoms with Crippen LogP contribution in [0.25, 0.3) is 0 Å². The molecule has 8 heteroatoms. The molecule has 0 aromatic rings. The third kappa shape index (κ3) is 6.97. The number of piperazine rings is 1. The SMILES string of the molecule is C=CCNC(=O)CN1CCN(C(=O)C2CCCC(N)C2)CC1.Cl.Cl. The van der Waals surface area contributed by atoms with Gasteiger partial charge in [0.25, 0.3) is 0 Å². The number of nitrogens with two attached hydrogens (primary N) is 1. The molecule has 3 N–H and O–H groups in total. The van der Waals surface area contributed by atoms with E-state index >= 15 is 0 Å². The Morgan fingerprint density at radius 2 is 1.83 bits per heavy atom. The number of halogens is 2. The fraction of sp³-hybridized carbons (Fsp3) is 0.750. The largest absolute Gasteiger partial charge is 0.352 e. The number of amides is 2. The Labute approximate surface area is 157 Å². The molecule has 1 aliphatic heterocycles. The molecule has 140 valence electrons. The summed E-state index contributed by atoms with van der Waals surface area (Å²) in [5.74, 6) is 0.370. The lowest BCUT2D eigenvalue weighted by atomic mass is 9.85. The zero-order chi connectivity index (χ0) is 15.9. The first-order valence-electron chi connectivity index (χ1n) is 8.24. The van der Waals surface area contributed by atoms with Crippen LogP contribution >= 0.6 is 24.8 Å². The molecule has 1 heterocycles. The summed E-state index contributed by atoms with van der Waals surface area (Å²) >= 11 is 0. The number of hydrogen-bond acceptors (Lipinski definition) is 4. The molecule has 2 rings (SSSR count). The van der Waals surface area contributed by atoms with E-state index in [-0.39, 0.29) is 48.6 Å². The van der Waals surface area contributed by atoms with Crippen molar-refractivity contribution in [3.63, 3.8) is 0 Å². The second kappa shape index (κ2) is 11.7. The van der Waals surface area contributed by atoms with Gasteiger partial charge in [0.15, 0.2) is 0 Å². The summed E-state index contributed by atoms with van der Waals surface area (Å²) in [5, 5.41) is 2.78. The van der Waals surface area contributed by atoms with Crippen LogP contribution < -0.4 is 11.1 Å². The minimum absolute atomic E-state index is 0. The monoisotopic (exact) mass is 380 g/mol. The van der Waals surface area contributed by atoms with Crippen molar-refractivity contribution >= 4 is 36.6 Å². The summed E-state index contributed by atoms with van der Waals surface area (Å²) in [5.41, 5.74) is 5.98. The van der Waals surface area contributed by atoms with Gasteiger partial charge in [0.1, 0.15) is 0 Å². The van der Waals surface area contributed by atoms with Crippen molar-refractivity contribution in [3.05, 3.63) is 12.7 Å². The number of carbonyl (C=O) groups is 2. The van der Waals surface area contributed by atoms with E-state index in [0.717, 1.165) is 38.8 Å². The van der Waals surface area contributed by atoms with Gasteiger partial charge in [-0.25, -0.2) is 0 Å². The number of rotatable bonds is 5. The first-order valence-corrected chi connectivity index (χ1v) is 8.24. The highest BCUT2D eigenvalue weighted by Gasteiger charge is 2.30. The van der Waals surface area contributed by atoms with E-state index in [1.54, 1.807) is 6.08 Å². The predicted octanol–water partition coefficient (Wildman–Crippen LogP) is 0.794. The van der Waals surface area contributed by atoms with Crippen molar-refractivity contribution in [3.8, 4) is 0 Å². The Balaban J connectivity index is 0.00000264. The van der Waals surface area contributed by atoms with Crippen molar-refractivity contribution in [2.24, 2.45) is 11.7 Å². The average molecular weight is 381 g/mol. The second-order valence-corrected chi connectivity index (χ2v) is 6.32. The third-order valence-corrected chi connectivity index (χ3v) is 4.56. The average Bonchev–Trinajstić information content (AvgIpc) is 2.53. The minimum atomic E-state index is 0. The van der Waals surface area contributed by atoms with Crippen molar-refractivity contribution in [1.82, 2.24) is 15.1 Å². The maximum absolute atomic E-state index is 12.5. The van der Waals surface area contributed by atoms with Crippen molar-refractivity contribution in [2.45, 2.75) is 31.7 Å². The molecular formula is C16H30Cl2N4O2. The molecule has 0 bridgehead atoms. The number of carbonyl (C=O) groups excluding carboxylic acids is 2. The lowest BCUT2D eigenvalue weighted by Gasteiger charge is -2.37. The van der Waals surface area contributed by atoms with Gasteiger partial charge in [0, 0.05) is 44.7 Å². The molecule has 24 heavy (non-hydrogen) atoms. The molecule has 0 radical (unpaired) electrons. The topological polar surface area (TPSA) is 78.7 Å². The normalized spacial score (nSPS) is 24.3. The van der Waals surface area contributed by atoms with Crippen molar-refractivity contribution < 1.29 is 9.59 Å². The lowest BCUT2D eigenvalue weighted by Crippen LogP contribution is -2.53. The molecule has 0 spiro atoms. The van der Waals surface area contributed by atoms with Gasteiger partial charge in [-0.15, -0.1) is 31.4 Å². The highest BCUT2D eigenvalue weighted by atomic mass is 35.5. The molecule has 2 fully saturated rings. The van der Waals surface area contributed by atoms with Crippen molar-refractivity contribution in [2.75, 3.05) is 39.3 Å². The second-order valence-electron chi connectivity index (χ2n) is 6.32. The van der Waals surface area contributed by atoms with E-state index in [1.807, 2.05) is 4.90 Å². The van der Waals surface area contributed by atoms with Crippen LogP contribution in [0.3, 0.4) is 0 Å². The Morgan fingerprint density at radius 1 is 1.17 bits per heavy atom. The fourth-order valence-electron chi connectivity index (χ4n) is 3.28. The summed E-state index contributed by atoms with van der Waals surface area (Å²) < 4.78 is 0. The molecule has 0 aromatic heterocycles. The van der Waals surface area contributed by atoms with Gasteiger partial charge in [-0.2, -0.15) is 0 Å². The molecule has 1 saturated carbocycles. The van der Waals surface area contributed by atoms with Crippen LogP contribution in [0, 0.1) is 5.92 Å². The summed E-state index contributed by atoms with van der Waals surface area (Å²) in [4.78, 5) is 28.2. The Kier molecular flexibility index (Phi) is 11.3.